The lowest BCUT2D eigenvalue weighted by molar-refractivity contribution is 0.191. The van der Waals surface area contributed by atoms with Crippen LogP contribution < -0.4 is 10.1 Å². The van der Waals surface area contributed by atoms with E-state index in [4.69, 9.17) is 4.74 Å². The highest BCUT2D eigenvalue weighted by atomic mass is 16.5. The number of aryl methyl sites for hydroxylation is 1. The molecular weight excluding hydrogens is 262 g/mol. The van der Waals surface area contributed by atoms with E-state index in [1.165, 1.54) is 0 Å². The van der Waals surface area contributed by atoms with Gasteiger partial charge in [0, 0.05) is 6.54 Å². The molecule has 1 aromatic rings. The van der Waals surface area contributed by atoms with Crippen molar-refractivity contribution in [2.45, 2.75) is 47.0 Å². The van der Waals surface area contributed by atoms with Gasteiger partial charge in [-0.05, 0) is 44.9 Å². The molecule has 116 valence electrons. The summed E-state index contributed by atoms with van der Waals surface area (Å²) < 4.78 is 6.02. The average molecular weight is 289 g/mol. The molecule has 4 nitrogen and oxygen atoms in total. The average Bonchev–Trinajstić information content (AvgIpc) is 2.47. The minimum Gasteiger partial charge on any atom is -0.477 e. The first-order valence-electron chi connectivity index (χ1n) is 7.98. The molecule has 2 atom stereocenters. The maximum atomic E-state index is 6.02. The van der Waals surface area contributed by atoms with Crippen LogP contribution in [-0.4, -0.2) is 23.1 Å². The molecule has 0 saturated carbocycles. The molecule has 4 heteroatoms. The molecular formula is C17H27N3O. The predicted molar refractivity (Wildman–Crippen MR) is 86.8 cm³/mol. The second kappa shape index (κ2) is 7.43. The van der Waals surface area contributed by atoms with Crippen LogP contribution in [0, 0.1) is 25.7 Å². The van der Waals surface area contributed by atoms with Crippen LogP contribution in [0.2, 0.25) is 0 Å². The van der Waals surface area contributed by atoms with E-state index in [-0.39, 0.29) is 0 Å². The number of hydrogen-bond donors (Lipinski definition) is 1. The van der Waals surface area contributed by atoms with E-state index >= 15 is 0 Å². The smallest absolute Gasteiger partial charge is 0.221 e. The maximum absolute atomic E-state index is 6.02. The Morgan fingerprint density at radius 1 is 1.24 bits per heavy atom. The summed E-state index contributed by atoms with van der Waals surface area (Å²) in [5.74, 6) is 3.64. The van der Waals surface area contributed by atoms with Crippen molar-refractivity contribution >= 4 is 5.82 Å². The van der Waals surface area contributed by atoms with Gasteiger partial charge in [0.1, 0.15) is 11.6 Å². The van der Waals surface area contributed by atoms with Crippen LogP contribution >= 0.6 is 0 Å². The molecule has 0 amide bonds. The zero-order valence-corrected chi connectivity index (χ0v) is 13.6. The molecule has 0 saturated heterocycles. The second-order valence-corrected chi connectivity index (χ2v) is 5.97. The summed E-state index contributed by atoms with van der Waals surface area (Å²) in [6.45, 7) is 10.0. The number of hydrogen-bond acceptors (Lipinski definition) is 4. The molecule has 2 unspecified atom stereocenters. The molecule has 0 bridgehead atoms. The first kappa shape index (κ1) is 15.8. The quantitative estimate of drug-likeness (QED) is 0.807. The monoisotopic (exact) mass is 289 g/mol. The van der Waals surface area contributed by atoms with Crippen molar-refractivity contribution in [1.29, 1.82) is 0 Å². The number of allylic oxidation sites excluding steroid dienone is 2. The summed E-state index contributed by atoms with van der Waals surface area (Å²) in [7, 11) is 0. The summed E-state index contributed by atoms with van der Waals surface area (Å²) in [6.07, 6.45) is 7.86. The van der Waals surface area contributed by atoms with Gasteiger partial charge in [-0.3, -0.25) is 0 Å². The third-order valence-electron chi connectivity index (χ3n) is 4.11. The zero-order chi connectivity index (χ0) is 15.2. The molecule has 1 aliphatic rings. The first-order chi connectivity index (χ1) is 10.1. The number of rotatable bonds is 6. The van der Waals surface area contributed by atoms with Gasteiger partial charge in [-0.1, -0.05) is 26.0 Å². The van der Waals surface area contributed by atoms with E-state index in [2.05, 4.69) is 41.3 Å². The fraction of sp³-hybridized carbons (Fsp3) is 0.647. The Bertz CT molecular complexity index is 499. The Kier molecular flexibility index (Phi) is 5.59. The van der Waals surface area contributed by atoms with Gasteiger partial charge in [0.15, 0.2) is 0 Å². The molecule has 0 aliphatic heterocycles. The van der Waals surface area contributed by atoms with Gasteiger partial charge >= 0.3 is 0 Å². The van der Waals surface area contributed by atoms with E-state index in [9.17, 15) is 0 Å². The van der Waals surface area contributed by atoms with Crippen molar-refractivity contribution in [3.05, 3.63) is 23.5 Å². The molecule has 1 aromatic heterocycles. The van der Waals surface area contributed by atoms with Crippen LogP contribution in [0.4, 0.5) is 5.82 Å². The summed E-state index contributed by atoms with van der Waals surface area (Å²) in [5, 5.41) is 3.35. The van der Waals surface area contributed by atoms with Crippen molar-refractivity contribution in [2.75, 3.05) is 18.5 Å². The van der Waals surface area contributed by atoms with Crippen LogP contribution in [-0.2, 0) is 0 Å². The molecule has 0 radical (unpaired) electrons. The molecule has 1 N–H and O–H groups in total. The van der Waals surface area contributed by atoms with Gasteiger partial charge in [-0.25, -0.2) is 4.98 Å². The van der Waals surface area contributed by atoms with Gasteiger partial charge in [0.05, 0.1) is 12.2 Å². The van der Waals surface area contributed by atoms with E-state index in [1.807, 2.05) is 13.8 Å². The molecule has 1 aliphatic carbocycles. The summed E-state index contributed by atoms with van der Waals surface area (Å²) in [6, 6.07) is 0. The van der Waals surface area contributed by atoms with E-state index in [0.717, 1.165) is 55.5 Å². The number of anilines is 1. The van der Waals surface area contributed by atoms with Gasteiger partial charge in [-0.2, -0.15) is 4.98 Å². The number of nitrogens with one attached hydrogen (secondary N) is 1. The van der Waals surface area contributed by atoms with Crippen molar-refractivity contribution < 1.29 is 4.74 Å². The number of nitrogens with zero attached hydrogens (tertiary/aromatic N) is 2. The first-order valence-corrected chi connectivity index (χ1v) is 7.98. The standard InChI is InChI=1S/C17H27N3O/c1-5-10-18-16-13(3)17(20-14(4)19-16)21-11-15-9-7-6-8-12(15)2/h6-7,12,15H,5,8-11H2,1-4H3,(H,18,19,20). The lowest BCUT2D eigenvalue weighted by atomic mass is 9.85. The van der Waals surface area contributed by atoms with Crippen molar-refractivity contribution in [3.8, 4) is 5.88 Å². The molecule has 0 aromatic carbocycles. The molecule has 0 spiro atoms. The van der Waals surface area contributed by atoms with Gasteiger partial charge < -0.3 is 10.1 Å². The van der Waals surface area contributed by atoms with Crippen LogP contribution in [0.15, 0.2) is 12.2 Å². The maximum Gasteiger partial charge on any atom is 0.221 e. The van der Waals surface area contributed by atoms with E-state index < -0.39 is 0 Å². The Hall–Kier alpha value is -1.58. The highest BCUT2D eigenvalue weighted by Gasteiger charge is 2.20. The number of aromatic nitrogens is 2. The van der Waals surface area contributed by atoms with Crippen molar-refractivity contribution in [2.24, 2.45) is 11.8 Å². The minimum atomic E-state index is 0.580. The van der Waals surface area contributed by atoms with E-state index in [1.54, 1.807) is 0 Å². The Morgan fingerprint density at radius 2 is 2.00 bits per heavy atom. The number of ether oxygens (including phenoxy) is 1. The fourth-order valence-electron chi connectivity index (χ4n) is 2.58. The molecule has 21 heavy (non-hydrogen) atoms. The molecule has 2 rings (SSSR count). The Labute approximate surface area is 128 Å². The third kappa shape index (κ3) is 4.19. The minimum absolute atomic E-state index is 0.580. The third-order valence-corrected chi connectivity index (χ3v) is 4.11. The summed E-state index contributed by atoms with van der Waals surface area (Å²) >= 11 is 0. The van der Waals surface area contributed by atoms with E-state index in [0.29, 0.717) is 11.8 Å². The van der Waals surface area contributed by atoms with Crippen LogP contribution in [0.25, 0.3) is 0 Å². The zero-order valence-electron chi connectivity index (χ0n) is 13.6. The lowest BCUT2D eigenvalue weighted by Crippen LogP contribution is -2.22. The second-order valence-electron chi connectivity index (χ2n) is 5.97. The largest absolute Gasteiger partial charge is 0.477 e. The highest BCUT2D eigenvalue weighted by molar-refractivity contribution is 5.48. The Morgan fingerprint density at radius 3 is 2.71 bits per heavy atom. The Balaban J connectivity index is 2.05. The van der Waals surface area contributed by atoms with Crippen LogP contribution in [0.1, 0.15) is 44.5 Å². The van der Waals surface area contributed by atoms with Crippen molar-refractivity contribution in [1.82, 2.24) is 9.97 Å². The fourth-order valence-corrected chi connectivity index (χ4v) is 2.58. The van der Waals surface area contributed by atoms with Gasteiger partial charge in [0.25, 0.3) is 0 Å². The van der Waals surface area contributed by atoms with Gasteiger partial charge in [0.2, 0.25) is 5.88 Å². The summed E-state index contributed by atoms with van der Waals surface area (Å²) in [5.41, 5.74) is 1.01. The van der Waals surface area contributed by atoms with Gasteiger partial charge in [-0.15, -0.1) is 0 Å². The predicted octanol–water partition coefficient (Wildman–Crippen LogP) is 3.90. The van der Waals surface area contributed by atoms with Crippen LogP contribution in [0.3, 0.4) is 0 Å². The van der Waals surface area contributed by atoms with Crippen LogP contribution in [0.5, 0.6) is 5.88 Å². The lowest BCUT2D eigenvalue weighted by Gasteiger charge is -2.25. The topological polar surface area (TPSA) is 47.0 Å². The molecule has 0 fully saturated rings. The highest BCUT2D eigenvalue weighted by Crippen LogP contribution is 2.27. The molecule has 1 heterocycles. The normalized spacial score (nSPS) is 21.3. The van der Waals surface area contributed by atoms with Crippen molar-refractivity contribution in [3.63, 3.8) is 0 Å². The summed E-state index contributed by atoms with van der Waals surface area (Å²) in [4.78, 5) is 8.93. The SMILES string of the molecule is CCCNc1nc(C)nc(OCC2CC=CCC2C)c1C.